The maximum Gasteiger partial charge on any atom is 0.347 e. The van der Waals surface area contributed by atoms with Crippen molar-refractivity contribution in [3.05, 3.63) is 29.8 Å². The van der Waals surface area contributed by atoms with Gasteiger partial charge in [-0.1, -0.05) is 18.1 Å². The Kier molecular flexibility index (Phi) is 4.94. The van der Waals surface area contributed by atoms with Crippen molar-refractivity contribution in [3.63, 3.8) is 0 Å². The standard InChI is InChI=1S/C14H14O4/c1-4-8-17-14(16)11(3)18-13-7-5-6-12(9-13)10(2)15/h1,5-7,9,11H,8H2,2-3H3. The van der Waals surface area contributed by atoms with Gasteiger partial charge in [-0.15, -0.1) is 6.42 Å². The summed E-state index contributed by atoms with van der Waals surface area (Å²) in [7, 11) is 0. The van der Waals surface area contributed by atoms with Gasteiger partial charge < -0.3 is 9.47 Å². The Bertz CT molecular complexity index is 485. The van der Waals surface area contributed by atoms with E-state index in [-0.39, 0.29) is 12.4 Å². The van der Waals surface area contributed by atoms with Crippen molar-refractivity contribution in [2.45, 2.75) is 20.0 Å². The minimum Gasteiger partial charge on any atom is -0.479 e. The number of carbonyl (C=O) groups excluding carboxylic acids is 2. The van der Waals surface area contributed by atoms with Gasteiger partial charge in [0.2, 0.25) is 0 Å². The van der Waals surface area contributed by atoms with Crippen molar-refractivity contribution >= 4 is 11.8 Å². The molecular formula is C14H14O4. The topological polar surface area (TPSA) is 52.6 Å². The number of carbonyl (C=O) groups is 2. The molecule has 0 aliphatic carbocycles. The Labute approximate surface area is 106 Å². The van der Waals surface area contributed by atoms with Gasteiger partial charge in [0.25, 0.3) is 0 Å². The molecule has 1 rings (SSSR count). The van der Waals surface area contributed by atoms with Crippen LogP contribution in [0.25, 0.3) is 0 Å². The number of hydrogen-bond donors (Lipinski definition) is 0. The van der Waals surface area contributed by atoms with Crippen molar-refractivity contribution in [1.29, 1.82) is 0 Å². The number of benzene rings is 1. The second-order valence-electron chi connectivity index (χ2n) is 3.66. The normalized spacial score (nSPS) is 11.2. The van der Waals surface area contributed by atoms with Gasteiger partial charge in [0, 0.05) is 5.56 Å². The van der Waals surface area contributed by atoms with Crippen LogP contribution < -0.4 is 4.74 Å². The Morgan fingerprint density at radius 2 is 2.17 bits per heavy atom. The van der Waals surface area contributed by atoms with Crippen LogP contribution in [0.2, 0.25) is 0 Å². The largest absolute Gasteiger partial charge is 0.479 e. The molecule has 0 fully saturated rings. The smallest absolute Gasteiger partial charge is 0.347 e. The summed E-state index contributed by atoms with van der Waals surface area (Å²) in [6.45, 7) is 2.93. The molecule has 0 N–H and O–H groups in total. The van der Waals surface area contributed by atoms with Gasteiger partial charge in [-0.3, -0.25) is 4.79 Å². The molecule has 94 valence electrons. The fraction of sp³-hybridized carbons (Fsp3) is 0.286. The van der Waals surface area contributed by atoms with Crippen LogP contribution >= 0.6 is 0 Å². The first-order valence-electron chi connectivity index (χ1n) is 5.42. The molecule has 0 heterocycles. The van der Waals surface area contributed by atoms with Gasteiger partial charge in [0.15, 0.2) is 18.5 Å². The lowest BCUT2D eigenvalue weighted by atomic mass is 10.1. The summed E-state index contributed by atoms with van der Waals surface area (Å²) in [5.41, 5.74) is 0.525. The van der Waals surface area contributed by atoms with Crippen LogP contribution in [-0.4, -0.2) is 24.5 Å². The summed E-state index contributed by atoms with van der Waals surface area (Å²) in [6, 6.07) is 6.60. The number of hydrogen-bond acceptors (Lipinski definition) is 4. The molecule has 1 atom stereocenters. The number of ether oxygens (including phenoxy) is 2. The van der Waals surface area contributed by atoms with Crippen molar-refractivity contribution in [3.8, 4) is 18.1 Å². The first-order chi connectivity index (χ1) is 8.54. The van der Waals surface area contributed by atoms with Gasteiger partial charge in [-0.2, -0.15) is 0 Å². The number of terminal acetylenes is 1. The van der Waals surface area contributed by atoms with E-state index in [9.17, 15) is 9.59 Å². The molecule has 1 aromatic rings. The molecule has 1 unspecified atom stereocenters. The van der Waals surface area contributed by atoms with Crippen molar-refractivity contribution < 1.29 is 19.1 Å². The molecule has 4 nitrogen and oxygen atoms in total. The first kappa shape index (κ1) is 13.8. The molecule has 0 radical (unpaired) electrons. The lowest BCUT2D eigenvalue weighted by Gasteiger charge is -2.13. The molecule has 0 bridgehead atoms. The van der Waals surface area contributed by atoms with Crippen LogP contribution in [0.5, 0.6) is 5.75 Å². The zero-order valence-electron chi connectivity index (χ0n) is 10.3. The predicted octanol–water partition coefficient (Wildman–Crippen LogP) is 1.83. The summed E-state index contributed by atoms with van der Waals surface area (Å²) in [5.74, 6) is 2.03. The molecule has 0 spiro atoms. The SMILES string of the molecule is C#CCOC(=O)C(C)Oc1cccc(C(C)=O)c1. The molecular weight excluding hydrogens is 232 g/mol. The van der Waals surface area contributed by atoms with Gasteiger partial charge >= 0.3 is 5.97 Å². The monoisotopic (exact) mass is 246 g/mol. The molecule has 0 amide bonds. The van der Waals surface area contributed by atoms with E-state index in [1.165, 1.54) is 6.92 Å². The molecule has 0 saturated heterocycles. The second-order valence-corrected chi connectivity index (χ2v) is 3.66. The average Bonchev–Trinajstić information content (AvgIpc) is 2.36. The molecule has 1 aromatic carbocycles. The molecule has 18 heavy (non-hydrogen) atoms. The Morgan fingerprint density at radius 3 is 2.78 bits per heavy atom. The lowest BCUT2D eigenvalue weighted by molar-refractivity contribution is -0.149. The van der Waals surface area contributed by atoms with Gasteiger partial charge in [0.05, 0.1) is 0 Å². The zero-order chi connectivity index (χ0) is 13.5. The maximum atomic E-state index is 11.4. The Morgan fingerprint density at radius 1 is 1.44 bits per heavy atom. The highest BCUT2D eigenvalue weighted by molar-refractivity contribution is 5.94. The molecule has 0 aliphatic rings. The zero-order valence-corrected chi connectivity index (χ0v) is 10.3. The summed E-state index contributed by atoms with van der Waals surface area (Å²) < 4.78 is 10.1. The van der Waals surface area contributed by atoms with Crippen molar-refractivity contribution in [2.24, 2.45) is 0 Å². The number of rotatable bonds is 5. The number of esters is 1. The van der Waals surface area contributed by atoms with E-state index < -0.39 is 12.1 Å². The summed E-state index contributed by atoms with van der Waals surface area (Å²) in [6.07, 6.45) is 4.20. The van der Waals surface area contributed by atoms with E-state index in [1.807, 2.05) is 0 Å². The van der Waals surface area contributed by atoms with E-state index in [0.29, 0.717) is 11.3 Å². The molecule has 0 aromatic heterocycles. The Balaban J connectivity index is 2.67. The molecule has 0 aliphatic heterocycles. The summed E-state index contributed by atoms with van der Waals surface area (Å²) in [5, 5.41) is 0. The molecule has 0 saturated carbocycles. The fourth-order valence-corrected chi connectivity index (χ4v) is 1.27. The van der Waals surface area contributed by atoms with Crippen LogP contribution in [0, 0.1) is 12.3 Å². The fourth-order valence-electron chi connectivity index (χ4n) is 1.27. The van der Waals surface area contributed by atoms with Crippen molar-refractivity contribution in [2.75, 3.05) is 6.61 Å². The predicted molar refractivity (Wildman–Crippen MR) is 66.3 cm³/mol. The number of ketones is 1. The minimum absolute atomic E-state index is 0.0667. The highest BCUT2D eigenvalue weighted by atomic mass is 16.6. The third kappa shape index (κ3) is 3.95. The van der Waals surface area contributed by atoms with Crippen LogP contribution in [0.15, 0.2) is 24.3 Å². The van der Waals surface area contributed by atoms with Gasteiger partial charge in [-0.05, 0) is 26.0 Å². The van der Waals surface area contributed by atoms with Crippen LogP contribution in [0.4, 0.5) is 0 Å². The van der Waals surface area contributed by atoms with Gasteiger partial charge in [-0.25, -0.2) is 4.79 Å². The van der Waals surface area contributed by atoms with E-state index in [2.05, 4.69) is 5.92 Å². The summed E-state index contributed by atoms with van der Waals surface area (Å²) in [4.78, 5) is 22.6. The van der Waals surface area contributed by atoms with E-state index >= 15 is 0 Å². The van der Waals surface area contributed by atoms with E-state index in [4.69, 9.17) is 15.9 Å². The third-order valence-electron chi connectivity index (χ3n) is 2.18. The van der Waals surface area contributed by atoms with Crippen LogP contribution in [0.1, 0.15) is 24.2 Å². The number of Topliss-reactive ketones (excluding diaryl/α,β-unsaturated/α-hetero) is 1. The van der Waals surface area contributed by atoms with E-state index in [1.54, 1.807) is 31.2 Å². The Hall–Kier alpha value is -2.28. The first-order valence-corrected chi connectivity index (χ1v) is 5.42. The van der Waals surface area contributed by atoms with Crippen LogP contribution in [0.3, 0.4) is 0 Å². The quantitative estimate of drug-likeness (QED) is 0.452. The van der Waals surface area contributed by atoms with Crippen molar-refractivity contribution in [1.82, 2.24) is 0 Å². The second kappa shape index (κ2) is 6.45. The minimum atomic E-state index is -0.777. The van der Waals surface area contributed by atoms with Crippen LogP contribution in [-0.2, 0) is 9.53 Å². The van der Waals surface area contributed by atoms with E-state index in [0.717, 1.165) is 0 Å². The highest BCUT2D eigenvalue weighted by Gasteiger charge is 2.16. The maximum absolute atomic E-state index is 11.4. The third-order valence-corrected chi connectivity index (χ3v) is 2.18. The highest BCUT2D eigenvalue weighted by Crippen LogP contribution is 2.15. The van der Waals surface area contributed by atoms with Gasteiger partial charge in [0.1, 0.15) is 5.75 Å². The lowest BCUT2D eigenvalue weighted by Crippen LogP contribution is -2.26. The average molecular weight is 246 g/mol. The molecule has 4 heteroatoms. The summed E-state index contributed by atoms with van der Waals surface area (Å²) >= 11 is 0.